The number of carboxylic acid groups (broad SMARTS) is 1. The van der Waals surface area contributed by atoms with Crippen molar-refractivity contribution in [1.29, 1.82) is 0 Å². The van der Waals surface area contributed by atoms with E-state index in [1.165, 1.54) is 11.1 Å². The Hall–Kier alpha value is -2.55. The Kier molecular flexibility index (Phi) is 4.18. The van der Waals surface area contributed by atoms with Gasteiger partial charge in [0.05, 0.1) is 0 Å². The summed E-state index contributed by atoms with van der Waals surface area (Å²) in [6.07, 6.45) is 0.724. The number of benzene rings is 2. The Labute approximate surface area is 142 Å². The van der Waals surface area contributed by atoms with E-state index in [-0.39, 0.29) is 11.8 Å². The van der Waals surface area contributed by atoms with Crippen molar-refractivity contribution >= 4 is 16.9 Å². The molecule has 0 saturated carbocycles. The lowest BCUT2D eigenvalue weighted by molar-refractivity contribution is -0.136. The van der Waals surface area contributed by atoms with Crippen LogP contribution in [0, 0.1) is 0 Å². The molecule has 0 radical (unpaired) electrons. The lowest BCUT2D eigenvalue weighted by atomic mass is 9.86. The van der Waals surface area contributed by atoms with Crippen LogP contribution in [0.5, 0.6) is 0 Å². The third kappa shape index (κ3) is 3.51. The first kappa shape index (κ1) is 16.3. The highest BCUT2D eigenvalue weighted by Gasteiger charge is 2.14. The van der Waals surface area contributed by atoms with Crippen molar-refractivity contribution in [2.75, 3.05) is 0 Å². The van der Waals surface area contributed by atoms with Crippen LogP contribution in [0.15, 0.2) is 48.5 Å². The molecule has 1 heterocycles. The number of aromatic nitrogens is 1. The molecule has 0 aliphatic carbocycles. The van der Waals surface area contributed by atoms with Crippen LogP contribution >= 0.6 is 0 Å². The molecule has 3 aromatic rings. The third-order valence-electron chi connectivity index (χ3n) is 4.35. The van der Waals surface area contributed by atoms with Crippen molar-refractivity contribution in [3.05, 3.63) is 59.7 Å². The largest absolute Gasteiger partial charge is 0.481 e. The summed E-state index contributed by atoms with van der Waals surface area (Å²) in [5, 5.41) is 9.95. The summed E-state index contributed by atoms with van der Waals surface area (Å²) in [5.41, 5.74) is 5.81. The Bertz CT molecular complexity index is 884. The van der Waals surface area contributed by atoms with Gasteiger partial charge in [0, 0.05) is 23.0 Å². The average molecular weight is 321 g/mol. The van der Waals surface area contributed by atoms with Crippen LogP contribution in [-0.2, 0) is 16.6 Å². The number of aryl methyl sites for hydroxylation is 1. The molecule has 0 fully saturated rings. The predicted molar refractivity (Wildman–Crippen MR) is 98.4 cm³/mol. The number of rotatable bonds is 4. The third-order valence-corrected chi connectivity index (χ3v) is 4.35. The molecule has 0 aliphatic rings. The fourth-order valence-electron chi connectivity index (χ4n) is 2.90. The summed E-state index contributed by atoms with van der Waals surface area (Å²) in [5.74, 6) is -0.760. The van der Waals surface area contributed by atoms with Gasteiger partial charge in [0.25, 0.3) is 0 Å². The van der Waals surface area contributed by atoms with E-state index in [4.69, 9.17) is 5.11 Å². The smallest absolute Gasteiger partial charge is 0.303 e. The van der Waals surface area contributed by atoms with Crippen LogP contribution in [0.4, 0.5) is 0 Å². The lowest BCUT2D eigenvalue weighted by Gasteiger charge is -2.19. The highest BCUT2D eigenvalue weighted by atomic mass is 16.4. The van der Waals surface area contributed by atoms with Gasteiger partial charge in [0.2, 0.25) is 0 Å². The summed E-state index contributed by atoms with van der Waals surface area (Å²) in [6.45, 7) is 6.64. The zero-order chi connectivity index (χ0) is 17.3. The van der Waals surface area contributed by atoms with Crippen molar-refractivity contribution in [2.24, 2.45) is 0 Å². The summed E-state index contributed by atoms with van der Waals surface area (Å²) >= 11 is 0. The fraction of sp³-hybridized carbons (Fsp3) is 0.286. The molecule has 0 spiro atoms. The number of fused-ring (bicyclic) bond motifs is 1. The maximum absolute atomic E-state index is 10.7. The average Bonchev–Trinajstić information content (AvgIpc) is 2.95. The Morgan fingerprint density at radius 1 is 1.08 bits per heavy atom. The second-order valence-corrected chi connectivity index (χ2v) is 7.33. The van der Waals surface area contributed by atoms with E-state index in [0.717, 1.165) is 22.2 Å². The highest BCUT2D eigenvalue weighted by molar-refractivity contribution is 5.86. The second kappa shape index (κ2) is 6.16. The summed E-state index contributed by atoms with van der Waals surface area (Å²) in [7, 11) is 0. The van der Waals surface area contributed by atoms with E-state index >= 15 is 0 Å². The summed E-state index contributed by atoms with van der Waals surface area (Å²) < 4.78 is 0. The Morgan fingerprint density at radius 2 is 1.88 bits per heavy atom. The SMILES string of the molecule is CC(C)(C)c1cccc(-c2cc3cc(CCC(=O)O)ccc3[nH]2)c1. The van der Waals surface area contributed by atoms with Crippen LogP contribution < -0.4 is 0 Å². The molecule has 3 nitrogen and oxygen atoms in total. The first-order valence-corrected chi connectivity index (χ1v) is 8.27. The fourth-order valence-corrected chi connectivity index (χ4v) is 2.90. The number of carbonyl (C=O) groups is 1. The molecule has 2 N–H and O–H groups in total. The molecule has 0 saturated heterocycles. The van der Waals surface area contributed by atoms with Gasteiger partial charge < -0.3 is 10.1 Å². The van der Waals surface area contributed by atoms with Gasteiger partial charge in [-0.25, -0.2) is 0 Å². The predicted octanol–water partition coefficient (Wildman–Crippen LogP) is 5.15. The number of nitrogens with one attached hydrogen (secondary N) is 1. The number of hydrogen-bond donors (Lipinski definition) is 2. The van der Waals surface area contributed by atoms with Crippen molar-refractivity contribution < 1.29 is 9.90 Å². The van der Waals surface area contributed by atoms with Gasteiger partial charge in [-0.1, -0.05) is 45.0 Å². The van der Waals surface area contributed by atoms with Crippen LogP contribution in [0.3, 0.4) is 0 Å². The molecule has 24 heavy (non-hydrogen) atoms. The van der Waals surface area contributed by atoms with Crippen LogP contribution in [0.1, 0.15) is 38.3 Å². The topological polar surface area (TPSA) is 53.1 Å². The molecular weight excluding hydrogens is 298 g/mol. The molecule has 0 bridgehead atoms. The van der Waals surface area contributed by atoms with Gasteiger partial charge in [-0.3, -0.25) is 4.79 Å². The normalized spacial score (nSPS) is 11.8. The van der Waals surface area contributed by atoms with E-state index in [1.54, 1.807) is 0 Å². The molecule has 0 atom stereocenters. The maximum atomic E-state index is 10.7. The number of H-pyrrole nitrogens is 1. The zero-order valence-corrected chi connectivity index (χ0v) is 14.4. The molecule has 3 heteroatoms. The minimum absolute atomic E-state index is 0.117. The van der Waals surface area contributed by atoms with Gasteiger partial charge in [-0.15, -0.1) is 0 Å². The quantitative estimate of drug-likeness (QED) is 0.698. The van der Waals surface area contributed by atoms with E-state index in [2.05, 4.69) is 62.2 Å². The number of aromatic amines is 1. The van der Waals surface area contributed by atoms with E-state index in [9.17, 15) is 4.79 Å². The molecule has 124 valence electrons. The minimum atomic E-state index is -0.760. The molecule has 3 rings (SSSR count). The van der Waals surface area contributed by atoms with E-state index < -0.39 is 5.97 Å². The summed E-state index contributed by atoms with van der Waals surface area (Å²) in [6, 6.07) is 16.9. The molecule has 0 aliphatic heterocycles. The molecule has 2 aromatic carbocycles. The van der Waals surface area contributed by atoms with Crippen LogP contribution in [0.2, 0.25) is 0 Å². The molecule has 1 aromatic heterocycles. The van der Waals surface area contributed by atoms with Crippen molar-refractivity contribution in [3.8, 4) is 11.3 Å². The van der Waals surface area contributed by atoms with Crippen LogP contribution in [-0.4, -0.2) is 16.1 Å². The van der Waals surface area contributed by atoms with Gasteiger partial charge in [0.1, 0.15) is 0 Å². The van der Waals surface area contributed by atoms with Gasteiger partial charge in [-0.2, -0.15) is 0 Å². The first-order chi connectivity index (χ1) is 11.3. The number of aliphatic carboxylic acids is 1. The van der Waals surface area contributed by atoms with Gasteiger partial charge in [-0.05, 0) is 52.8 Å². The Balaban J connectivity index is 1.95. The molecular formula is C21H23NO2. The van der Waals surface area contributed by atoms with E-state index in [0.29, 0.717) is 6.42 Å². The highest BCUT2D eigenvalue weighted by Crippen LogP contribution is 2.29. The second-order valence-electron chi connectivity index (χ2n) is 7.33. The zero-order valence-electron chi connectivity index (χ0n) is 14.4. The van der Waals surface area contributed by atoms with E-state index in [1.807, 2.05) is 12.1 Å². The maximum Gasteiger partial charge on any atom is 0.303 e. The summed E-state index contributed by atoms with van der Waals surface area (Å²) in [4.78, 5) is 14.2. The Morgan fingerprint density at radius 3 is 2.58 bits per heavy atom. The van der Waals surface area contributed by atoms with Crippen LogP contribution in [0.25, 0.3) is 22.2 Å². The molecule has 0 amide bonds. The van der Waals surface area contributed by atoms with Gasteiger partial charge >= 0.3 is 5.97 Å². The standard InChI is InChI=1S/C21H23NO2/c1-21(2,3)17-6-4-5-15(12-17)19-13-16-11-14(8-10-20(23)24)7-9-18(16)22-19/h4-7,9,11-13,22H,8,10H2,1-3H3,(H,23,24). The lowest BCUT2D eigenvalue weighted by Crippen LogP contribution is -2.10. The van der Waals surface area contributed by atoms with Crippen molar-refractivity contribution in [1.82, 2.24) is 4.98 Å². The monoisotopic (exact) mass is 321 g/mol. The number of hydrogen-bond acceptors (Lipinski definition) is 1. The first-order valence-electron chi connectivity index (χ1n) is 8.27. The number of carboxylic acids is 1. The van der Waals surface area contributed by atoms with Crippen molar-refractivity contribution in [3.63, 3.8) is 0 Å². The van der Waals surface area contributed by atoms with Crippen molar-refractivity contribution in [2.45, 2.75) is 39.0 Å². The minimum Gasteiger partial charge on any atom is -0.481 e. The molecule has 0 unspecified atom stereocenters. The van der Waals surface area contributed by atoms with Gasteiger partial charge in [0.15, 0.2) is 0 Å².